The number of hydrogen-bond donors (Lipinski definition) is 2. The number of carbonyl (C=O) groups excluding carboxylic acids is 1. The van der Waals surface area contributed by atoms with E-state index in [1.165, 1.54) is 22.5 Å². The molecule has 0 saturated heterocycles. The van der Waals surface area contributed by atoms with Gasteiger partial charge < -0.3 is 10.6 Å². The standard InChI is InChI=1S/C25H26N6OS/c32-25(24-10-5-15-33-24)27-23-9-4-3-8-22(23)26-16-21-18-31(29-28-21)14-13-30-12-11-19-6-1-2-7-20(19)17-30/h1-10,15,18,26H,11-14,16-17H2,(H,27,32). The summed E-state index contributed by atoms with van der Waals surface area (Å²) in [7, 11) is 0. The zero-order chi connectivity index (χ0) is 22.5. The number of nitrogens with zero attached hydrogens (tertiary/aromatic N) is 4. The number of thiophene rings is 1. The van der Waals surface area contributed by atoms with Crippen LogP contribution in [0, 0.1) is 0 Å². The van der Waals surface area contributed by atoms with Gasteiger partial charge in [0.15, 0.2) is 0 Å². The summed E-state index contributed by atoms with van der Waals surface area (Å²) in [5.41, 5.74) is 5.35. The predicted molar refractivity (Wildman–Crippen MR) is 131 cm³/mol. The first kappa shape index (κ1) is 21.4. The first-order chi connectivity index (χ1) is 16.2. The van der Waals surface area contributed by atoms with Crippen LogP contribution in [-0.2, 0) is 26.1 Å². The van der Waals surface area contributed by atoms with E-state index in [1.54, 1.807) is 0 Å². The minimum atomic E-state index is -0.106. The topological polar surface area (TPSA) is 75.1 Å². The van der Waals surface area contributed by atoms with Crippen molar-refractivity contribution in [1.29, 1.82) is 0 Å². The zero-order valence-electron chi connectivity index (χ0n) is 18.3. The highest BCUT2D eigenvalue weighted by Gasteiger charge is 2.15. The van der Waals surface area contributed by atoms with Crippen molar-refractivity contribution in [3.8, 4) is 0 Å². The highest BCUT2D eigenvalue weighted by atomic mass is 32.1. The van der Waals surface area contributed by atoms with Gasteiger partial charge in [0.05, 0.1) is 35.5 Å². The van der Waals surface area contributed by atoms with Gasteiger partial charge in [0.2, 0.25) is 0 Å². The smallest absolute Gasteiger partial charge is 0.265 e. The molecule has 0 saturated carbocycles. The Morgan fingerprint density at radius 2 is 1.79 bits per heavy atom. The lowest BCUT2D eigenvalue weighted by Gasteiger charge is -2.28. The van der Waals surface area contributed by atoms with Crippen LogP contribution < -0.4 is 10.6 Å². The lowest BCUT2D eigenvalue weighted by molar-refractivity contribution is 0.103. The highest BCUT2D eigenvalue weighted by Crippen LogP contribution is 2.23. The molecule has 0 unspecified atom stereocenters. The Morgan fingerprint density at radius 1 is 0.970 bits per heavy atom. The van der Waals surface area contributed by atoms with Gasteiger partial charge in [-0.15, -0.1) is 16.4 Å². The zero-order valence-corrected chi connectivity index (χ0v) is 19.1. The largest absolute Gasteiger partial charge is 0.378 e. The monoisotopic (exact) mass is 458 g/mol. The van der Waals surface area contributed by atoms with E-state index in [4.69, 9.17) is 0 Å². The molecule has 1 aliphatic heterocycles. The number of carbonyl (C=O) groups is 1. The Bertz CT molecular complexity index is 1220. The molecule has 1 aliphatic rings. The van der Waals surface area contributed by atoms with Gasteiger partial charge in [-0.25, -0.2) is 0 Å². The molecular formula is C25H26N6OS. The molecule has 1 amide bonds. The molecular weight excluding hydrogens is 432 g/mol. The highest BCUT2D eigenvalue weighted by molar-refractivity contribution is 7.12. The Labute approximate surface area is 197 Å². The molecule has 0 radical (unpaired) electrons. The summed E-state index contributed by atoms with van der Waals surface area (Å²) in [5, 5.41) is 16.9. The van der Waals surface area contributed by atoms with E-state index in [2.05, 4.69) is 50.1 Å². The van der Waals surface area contributed by atoms with Gasteiger partial charge in [-0.05, 0) is 41.1 Å². The molecule has 168 valence electrons. The molecule has 2 aromatic carbocycles. The van der Waals surface area contributed by atoms with Crippen molar-refractivity contribution < 1.29 is 4.79 Å². The molecule has 0 aliphatic carbocycles. The first-order valence-electron chi connectivity index (χ1n) is 11.1. The first-order valence-corrected chi connectivity index (χ1v) is 12.0. The summed E-state index contributed by atoms with van der Waals surface area (Å²) in [6.07, 6.45) is 3.09. The molecule has 0 spiro atoms. The van der Waals surface area contributed by atoms with Gasteiger partial charge in [-0.3, -0.25) is 14.4 Å². The van der Waals surface area contributed by atoms with E-state index in [1.807, 2.05) is 52.7 Å². The number of hydrogen-bond acceptors (Lipinski definition) is 6. The van der Waals surface area contributed by atoms with Crippen molar-refractivity contribution in [3.63, 3.8) is 0 Å². The number of aromatic nitrogens is 3. The normalized spacial score (nSPS) is 13.5. The van der Waals surface area contributed by atoms with E-state index in [9.17, 15) is 4.79 Å². The van der Waals surface area contributed by atoms with Crippen LogP contribution in [0.1, 0.15) is 26.5 Å². The van der Waals surface area contributed by atoms with Crippen LogP contribution in [0.15, 0.2) is 72.2 Å². The number of amides is 1. The maximum Gasteiger partial charge on any atom is 0.265 e. The summed E-state index contributed by atoms with van der Waals surface area (Å²) < 4.78 is 1.90. The molecule has 0 fully saturated rings. The van der Waals surface area contributed by atoms with E-state index in [0.29, 0.717) is 11.4 Å². The second-order valence-electron chi connectivity index (χ2n) is 8.10. The van der Waals surface area contributed by atoms with Crippen LogP contribution in [0.3, 0.4) is 0 Å². The third kappa shape index (κ3) is 5.30. The number of nitrogens with one attached hydrogen (secondary N) is 2. The van der Waals surface area contributed by atoms with E-state index in [0.717, 1.165) is 49.7 Å². The Balaban J connectivity index is 1.14. The molecule has 7 nitrogen and oxygen atoms in total. The van der Waals surface area contributed by atoms with Gasteiger partial charge in [0.1, 0.15) is 5.69 Å². The Morgan fingerprint density at radius 3 is 2.64 bits per heavy atom. The Kier molecular flexibility index (Phi) is 6.46. The van der Waals surface area contributed by atoms with Crippen LogP contribution in [0.25, 0.3) is 0 Å². The van der Waals surface area contributed by atoms with Crippen LogP contribution in [0.2, 0.25) is 0 Å². The van der Waals surface area contributed by atoms with Gasteiger partial charge >= 0.3 is 0 Å². The van der Waals surface area contributed by atoms with Gasteiger partial charge in [0.25, 0.3) is 5.91 Å². The predicted octanol–water partition coefficient (Wildman–Crippen LogP) is 4.26. The Hall–Kier alpha value is -3.49. The lowest BCUT2D eigenvalue weighted by atomic mass is 10.00. The van der Waals surface area contributed by atoms with Crippen LogP contribution in [0.4, 0.5) is 11.4 Å². The van der Waals surface area contributed by atoms with Crippen LogP contribution >= 0.6 is 11.3 Å². The summed E-state index contributed by atoms with van der Waals surface area (Å²) in [6.45, 7) is 4.36. The molecule has 4 aromatic rings. The summed E-state index contributed by atoms with van der Waals surface area (Å²) in [4.78, 5) is 15.6. The fourth-order valence-electron chi connectivity index (χ4n) is 4.04. The maximum atomic E-state index is 12.4. The molecule has 2 aromatic heterocycles. The summed E-state index contributed by atoms with van der Waals surface area (Å²) >= 11 is 1.42. The maximum absolute atomic E-state index is 12.4. The fourth-order valence-corrected chi connectivity index (χ4v) is 4.66. The number of para-hydroxylation sites is 2. The SMILES string of the molecule is O=C(Nc1ccccc1NCc1cn(CCN2CCc3ccccc3C2)nn1)c1cccs1. The van der Waals surface area contributed by atoms with E-state index >= 15 is 0 Å². The molecule has 0 atom stereocenters. The van der Waals surface area contributed by atoms with Crippen LogP contribution in [-0.4, -0.2) is 38.9 Å². The molecule has 2 N–H and O–H groups in total. The van der Waals surface area contributed by atoms with Gasteiger partial charge in [-0.1, -0.05) is 47.7 Å². The molecule has 8 heteroatoms. The summed E-state index contributed by atoms with van der Waals surface area (Å²) in [6, 6.07) is 20.1. The van der Waals surface area contributed by atoms with Gasteiger partial charge in [-0.2, -0.15) is 0 Å². The minimum absolute atomic E-state index is 0.106. The fraction of sp³-hybridized carbons (Fsp3) is 0.240. The second kappa shape index (κ2) is 9.97. The van der Waals surface area contributed by atoms with Gasteiger partial charge in [0, 0.05) is 19.6 Å². The third-order valence-corrected chi connectivity index (χ3v) is 6.69. The third-order valence-electron chi connectivity index (χ3n) is 5.82. The number of rotatable bonds is 8. The van der Waals surface area contributed by atoms with Crippen molar-refractivity contribution >= 4 is 28.6 Å². The van der Waals surface area contributed by atoms with Crippen molar-refractivity contribution in [1.82, 2.24) is 19.9 Å². The number of benzene rings is 2. The lowest BCUT2D eigenvalue weighted by Crippen LogP contribution is -2.33. The van der Waals surface area contributed by atoms with E-state index in [-0.39, 0.29) is 5.91 Å². The summed E-state index contributed by atoms with van der Waals surface area (Å²) in [5.74, 6) is -0.106. The molecule has 5 rings (SSSR count). The molecule has 3 heterocycles. The quantitative estimate of drug-likeness (QED) is 0.413. The number of anilines is 2. The van der Waals surface area contributed by atoms with Crippen molar-refractivity contribution in [2.24, 2.45) is 0 Å². The average Bonchev–Trinajstić information content (AvgIpc) is 3.55. The average molecular weight is 459 g/mol. The van der Waals surface area contributed by atoms with Crippen molar-refractivity contribution in [3.05, 3.63) is 93.9 Å². The molecule has 0 bridgehead atoms. The van der Waals surface area contributed by atoms with Crippen molar-refractivity contribution in [2.75, 3.05) is 23.7 Å². The van der Waals surface area contributed by atoms with Crippen LogP contribution in [0.5, 0.6) is 0 Å². The van der Waals surface area contributed by atoms with Crippen molar-refractivity contribution in [2.45, 2.75) is 26.1 Å². The second-order valence-corrected chi connectivity index (χ2v) is 9.05. The minimum Gasteiger partial charge on any atom is -0.378 e. The number of fused-ring (bicyclic) bond motifs is 1. The molecule has 33 heavy (non-hydrogen) atoms. The van der Waals surface area contributed by atoms with E-state index < -0.39 is 0 Å².